The second-order valence-corrected chi connectivity index (χ2v) is 46.5. The average molecular weight is 2030 g/mol. The molecule has 2 aliphatic carbocycles. The molecule has 9 fully saturated rings. The molecule has 768 valence electrons. The molecule has 19 rings (SSSR count). The number of carbonyl (C=O) groups excluding carboxylic acids is 5. The number of amides is 4. The lowest BCUT2D eigenvalue weighted by molar-refractivity contribution is -0.158. The van der Waals surface area contributed by atoms with Crippen molar-refractivity contribution in [1.82, 2.24) is 39.3 Å². The summed E-state index contributed by atoms with van der Waals surface area (Å²) in [6.45, 7) is 41.0. The highest BCUT2D eigenvalue weighted by molar-refractivity contribution is 6.32. The van der Waals surface area contributed by atoms with E-state index in [4.69, 9.17) is 83.2 Å². The lowest BCUT2D eigenvalue weighted by Gasteiger charge is -2.41. The summed E-state index contributed by atoms with van der Waals surface area (Å²) in [4.78, 5) is 88.8. The molecule has 3 spiro atoms. The van der Waals surface area contributed by atoms with Crippen LogP contribution in [0.1, 0.15) is 284 Å². The monoisotopic (exact) mass is 2020 g/mol. The average Bonchev–Trinajstić information content (AvgIpc) is 1.57. The van der Waals surface area contributed by atoms with Crippen LogP contribution in [0.15, 0.2) is 109 Å². The zero-order valence-corrected chi connectivity index (χ0v) is 87.2. The van der Waals surface area contributed by atoms with E-state index in [-0.39, 0.29) is 73.3 Å². The minimum absolute atomic E-state index is 0.129. The fourth-order valence-electron chi connectivity index (χ4n) is 23.1. The number of morpholine rings is 2. The highest BCUT2D eigenvalue weighted by Gasteiger charge is 2.59. The predicted molar refractivity (Wildman–Crippen MR) is 527 cm³/mol. The van der Waals surface area contributed by atoms with Gasteiger partial charge in [0.05, 0.1) is 88.6 Å². The van der Waals surface area contributed by atoms with Crippen molar-refractivity contribution in [2.24, 2.45) is 35.4 Å². The summed E-state index contributed by atoms with van der Waals surface area (Å²) in [6.07, 6.45) is 8.52. The van der Waals surface area contributed by atoms with Gasteiger partial charge in [-0.2, -0.15) is 10.4 Å². The third-order valence-corrected chi connectivity index (χ3v) is 31.9. The van der Waals surface area contributed by atoms with Gasteiger partial charge >= 0.3 is 30.2 Å². The normalized spacial score (nSPS) is 25.6. The van der Waals surface area contributed by atoms with Crippen LogP contribution in [0.3, 0.4) is 0 Å². The van der Waals surface area contributed by atoms with Gasteiger partial charge in [0.2, 0.25) is 5.91 Å². The van der Waals surface area contributed by atoms with Crippen molar-refractivity contribution in [2.75, 3.05) is 65.6 Å². The van der Waals surface area contributed by atoms with Gasteiger partial charge in [-0.05, 0) is 299 Å². The second-order valence-electron chi connectivity index (χ2n) is 45.3. The molecule has 6 aromatic carbocycles. The number of hydrogen-bond donors (Lipinski definition) is 2. The van der Waals surface area contributed by atoms with Gasteiger partial charge in [-0.3, -0.25) is 28.9 Å². The number of fused-ring (bicyclic) bond motifs is 10. The number of benzene rings is 6. The Morgan fingerprint density at radius 3 is 1.23 bits per heavy atom. The molecule has 4 amide bonds. The molecule has 13 atom stereocenters. The highest BCUT2D eigenvalue weighted by Crippen LogP contribution is 2.61. The Kier molecular flexibility index (Phi) is 31.1. The molecular weight excluding hydrogens is 1890 g/mol. The molecule has 2 saturated carbocycles. The van der Waals surface area contributed by atoms with Crippen LogP contribution in [-0.4, -0.2) is 199 Å². The Morgan fingerprint density at radius 2 is 0.880 bits per heavy atom. The topological polar surface area (TPSA) is 302 Å². The number of esters is 1. The third-order valence-electron chi connectivity index (χ3n) is 30.7. The number of ether oxygens (including phenoxy) is 9. The Labute approximate surface area is 845 Å². The van der Waals surface area contributed by atoms with Gasteiger partial charge < -0.3 is 68.2 Å². The molecule has 12 aliphatic rings. The Morgan fingerprint density at radius 1 is 0.500 bits per heavy atom. The van der Waals surface area contributed by atoms with Crippen LogP contribution in [0.4, 0.5) is 31.9 Å². The minimum Gasteiger partial charge on any atom is -0.481 e. The lowest BCUT2D eigenvalue weighted by Crippen LogP contribution is -2.47. The molecule has 7 aromatic rings. The first-order chi connectivity index (χ1) is 66.6. The summed E-state index contributed by atoms with van der Waals surface area (Å²) < 4.78 is 111. The van der Waals surface area contributed by atoms with Gasteiger partial charge in [0.1, 0.15) is 64.9 Å². The number of likely N-dealkylation sites (tertiary alicyclic amines) is 5. The molecule has 0 radical (unpaired) electrons. The molecule has 1 aromatic heterocycles. The number of nitrogens with zero attached hydrogens (tertiary/aromatic N) is 9. The maximum atomic E-state index is 14.6. The van der Waals surface area contributed by atoms with Gasteiger partial charge in [0, 0.05) is 123 Å². The summed E-state index contributed by atoms with van der Waals surface area (Å²) in [6, 6.07) is 32.2. The number of hydrogen-bond acceptors (Lipinski definition) is 20. The van der Waals surface area contributed by atoms with Gasteiger partial charge in [-0.1, -0.05) is 95.5 Å². The Hall–Kier alpha value is -9.52. The maximum absolute atomic E-state index is 14.6. The van der Waals surface area contributed by atoms with Crippen LogP contribution in [0.25, 0.3) is 0 Å². The van der Waals surface area contributed by atoms with E-state index in [0.29, 0.717) is 143 Å². The number of aromatic nitrogens is 3. The summed E-state index contributed by atoms with van der Waals surface area (Å²) in [5.74, 6) is -5.03. The highest BCUT2D eigenvalue weighted by atomic mass is 35.5. The van der Waals surface area contributed by atoms with Crippen molar-refractivity contribution < 1.29 is 94.1 Å². The van der Waals surface area contributed by atoms with E-state index in [0.717, 1.165) is 111 Å². The van der Waals surface area contributed by atoms with Crippen LogP contribution in [0.2, 0.25) is 15.1 Å². The molecule has 7 saturated heterocycles. The minimum atomic E-state index is -0.901. The van der Waals surface area contributed by atoms with Crippen LogP contribution in [-0.2, 0) is 92.9 Å². The number of halogens is 7. The molecule has 3 N–H and O–H groups in total. The third kappa shape index (κ3) is 22.7. The van der Waals surface area contributed by atoms with Crippen LogP contribution >= 0.6 is 34.8 Å². The van der Waals surface area contributed by atoms with E-state index in [2.05, 4.69) is 58.0 Å². The van der Waals surface area contributed by atoms with E-state index in [1.165, 1.54) is 24.3 Å². The number of rotatable bonds is 13. The number of carboxylic acids is 1. The van der Waals surface area contributed by atoms with Crippen molar-refractivity contribution in [3.63, 3.8) is 0 Å². The number of carboxylic acid groups (broad SMARTS) is 1. The molecule has 0 unspecified atom stereocenters. The maximum Gasteiger partial charge on any atom is 0.410 e. The van der Waals surface area contributed by atoms with E-state index < -0.39 is 109 Å². The summed E-state index contributed by atoms with van der Waals surface area (Å²) in [7, 11) is 1.90. The number of piperidine rings is 3. The molecule has 142 heavy (non-hydrogen) atoms. The van der Waals surface area contributed by atoms with E-state index >= 15 is 0 Å². The van der Waals surface area contributed by atoms with Gasteiger partial charge in [-0.15, -0.1) is 0 Å². The van der Waals surface area contributed by atoms with Crippen LogP contribution in [0, 0.1) is 78.0 Å². The van der Waals surface area contributed by atoms with Crippen molar-refractivity contribution >= 4 is 70.9 Å². The molecule has 33 heteroatoms. The van der Waals surface area contributed by atoms with Crippen molar-refractivity contribution in [3.05, 3.63) is 220 Å². The molecule has 11 heterocycles. The largest absolute Gasteiger partial charge is 0.481 e. The van der Waals surface area contributed by atoms with E-state index in [9.17, 15) is 56.7 Å². The van der Waals surface area contributed by atoms with E-state index in [1.54, 1.807) is 21.0 Å². The summed E-state index contributed by atoms with van der Waals surface area (Å²) in [5.41, 5.74) is 11.5. The van der Waals surface area contributed by atoms with Gasteiger partial charge in [0.25, 0.3) is 0 Å². The SMILES string of the molecule is Cc1cc2c(cc1Cl)C1(CCN(C(=O)OC(C)(C)C)CC1)O[C@@H]2C(C)(C)C#N.Cc1cc2c(cc1Cl)C1(CCN(C(=O)OC(C)(C)C)CC1)O[C@@H]2C(C)(C)C(N)=O.Cc1cc2c(cc1Cl)C1(CCN(C(=O)OC(C)(C)C)CC1)O[C@@H]2C(C)(C)c1ncnn1C.O=C(O)[C@@H]1C[C@H](N2C[C@@H]3C[C@H]2CO3)C[C@H]1c1ccc(F)cc1F.O=C(OCc1ccccc1)[C@@H]1C[C@H](N2C[C@@H]3C[C@H]2CO3)C[C@H]1c1ccc(F)cc1F. The van der Waals surface area contributed by atoms with E-state index in [1.807, 2.05) is 171 Å². The fraction of sp³-hybridized carbons (Fsp3) is 0.587. The summed E-state index contributed by atoms with van der Waals surface area (Å²) in [5, 5.41) is 25.6. The smallest absolute Gasteiger partial charge is 0.410 e. The first-order valence-electron chi connectivity index (χ1n) is 49.6. The quantitative estimate of drug-likeness (QED) is 0.0615. The number of primary amides is 1. The first-order valence-corrected chi connectivity index (χ1v) is 50.8. The van der Waals surface area contributed by atoms with Crippen LogP contribution < -0.4 is 5.73 Å². The second kappa shape index (κ2) is 41.4. The molecular formula is C109H137Cl3F4N10O16. The number of nitriles is 1. The first kappa shape index (κ1) is 107. The summed E-state index contributed by atoms with van der Waals surface area (Å²) >= 11 is 19.4. The number of aliphatic carboxylic acids is 1. The van der Waals surface area contributed by atoms with Crippen LogP contribution in [0.5, 0.6) is 0 Å². The lowest BCUT2D eigenvalue weighted by atomic mass is 9.78. The zero-order chi connectivity index (χ0) is 103. The van der Waals surface area contributed by atoms with Gasteiger partial charge in [-0.25, -0.2) is 36.9 Å². The predicted octanol–water partition coefficient (Wildman–Crippen LogP) is 21.4. The zero-order valence-electron chi connectivity index (χ0n) is 85.0. The fourth-order valence-corrected chi connectivity index (χ4v) is 23.6. The molecule has 4 bridgehead atoms. The number of carbonyl (C=O) groups is 6. The van der Waals surface area contributed by atoms with Crippen molar-refractivity contribution in [3.8, 4) is 6.07 Å². The van der Waals surface area contributed by atoms with Crippen molar-refractivity contribution in [2.45, 2.75) is 314 Å². The Balaban J connectivity index is 0.000000134. The van der Waals surface area contributed by atoms with Crippen molar-refractivity contribution in [1.29, 1.82) is 5.26 Å². The molecule has 26 nitrogen and oxygen atoms in total. The van der Waals surface area contributed by atoms with Gasteiger partial charge in [0.15, 0.2) is 0 Å². The molecule has 10 aliphatic heterocycles. The number of nitrogens with two attached hydrogens (primary N) is 1. The Bertz CT molecular complexity index is 5890. The standard InChI is InChI=1S/C24H33ClN4O3.C24H25F2NO3.C22H31ClN2O4.C22H29ClN2O3.C17H19F2NO3/c1-15-12-16-17(13-18(15)25)24(8-10-29(11-9-24)21(30)32-22(2,3)4)31-19(16)23(5,6)20-26-14-27-28(20)7;25-16-6-7-20(23(26)8-16)21-10-17(27-12-19-9-18(27)14-29-19)11-22(21)24(28)30-13-15-4-2-1-3-5-15;1-13-11-14-15(12-16(13)23)22(28-17(14)21(5,6)18(24)26)7-9-25(10-8-22)19(27)29-20(2,3)4;1-14-11-15-16(12-17(14)23)22(27-18(15)21(5,6)13-24)7-9-25(10-8-22)19(26)28-20(2,3)4;18-9-1-2-13(16(19)3-9)14-5-10(6-15(14)17(21)22)20-7-12-4-11(20)8-23-12/h12-14,19H,8-11H2,1-7H3;1-8,17-19,21-22H,9-14H2;11-12,17H,7-10H2,1-6H3,(H2,24,26);11-12,18H,7-10H2,1-6H3;1-3,10-12,14-15H,4-8H2,(H,21,22)/t19-;17-,18+,19+,21+,22-;17-;18-;10-,11+,12+,14+,15-/m01001/s1. The number of aryl methyl sites for hydroxylation is 4.